The van der Waals surface area contributed by atoms with E-state index in [9.17, 15) is 0 Å². The molecule has 0 aliphatic rings. The molecule has 0 saturated heterocycles. The van der Waals surface area contributed by atoms with Crippen LogP contribution in [-0.4, -0.2) is 7.11 Å². The zero-order valence-electron chi connectivity index (χ0n) is 10.9. The maximum atomic E-state index is 6.02. The third kappa shape index (κ3) is 3.75. The lowest BCUT2D eigenvalue weighted by Gasteiger charge is -2.13. The van der Waals surface area contributed by atoms with E-state index in [1.165, 1.54) is 0 Å². The average Bonchev–Trinajstić information content (AvgIpc) is 2.38. The fourth-order valence-corrected chi connectivity index (χ4v) is 3.41. The number of nitrogens with two attached hydrogens (primary N) is 1. The van der Waals surface area contributed by atoms with Gasteiger partial charge in [0.05, 0.1) is 7.11 Å². The van der Waals surface area contributed by atoms with Gasteiger partial charge in [0.15, 0.2) is 0 Å². The highest BCUT2D eigenvalue weighted by molar-refractivity contribution is 9.10. The molecule has 2 rings (SSSR count). The van der Waals surface area contributed by atoms with Crippen LogP contribution < -0.4 is 10.5 Å². The molecule has 1 unspecified atom stereocenters. The normalized spacial score (nSPS) is 12.2. The average molecular weight is 338 g/mol. The largest absolute Gasteiger partial charge is 0.497 e. The van der Waals surface area contributed by atoms with Crippen LogP contribution >= 0.6 is 27.7 Å². The molecule has 0 fully saturated rings. The van der Waals surface area contributed by atoms with E-state index in [0.29, 0.717) is 0 Å². The van der Waals surface area contributed by atoms with Crippen LogP contribution in [0.5, 0.6) is 5.75 Å². The van der Waals surface area contributed by atoms with E-state index in [1.54, 1.807) is 18.9 Å². The van der Waals surface area contributed by atoms with Crippen molar-refractivity contribution >= 4 is 27.7 Å². The minimum absolute atomic E-state index is 0.0150. The predicted octanol–water partition coefficient (Wildman–Crippen LogP) is 4.63. The van der Waals surface area contributed by atoms with Crippen LogP contribution in [-0.2, 0) is 0 Å². The van der Waals surface area contributed by atoms with Crippen molar-refractivity contribution in [1.29, 1.82) is 0 Å². The molecule has 0 saturated carbocycles. The van der Waals surface area contributed by atoms with Gasteiger partial charge in [-0.05, 0) is 42.8 Å². The van der Waals surface area contributed by atoms with Crippen LogP contribution in [0.4, 0.5) is 0 Å². The van der Waals surface area contributed by atoms with Crippen molar-refractivity contribution in [1.82, 2.24) is 0 Å². The molecule has 19 heavy (non-hydrogen) atoms. The Morgan fingerprint density at radius 1 is 1.21 bits per heavy atom. The summed E-state index contributed by atoms with van der Waals surface area (Å²) in [6.07, 6.45) is 0. The molecule has 1 atom stereocenters. The molecule has 0 amide bonds. The van der Waals surface area contributed by atoms with Crippen molar-refractivity contribution in [2.75, 3.05) is 7.11 Å². The summed E-state index contributed by atoms with van der Waals surface area (Å²) in [6.45, 7) is 2.00. The van der Waals surface area contributed by atoms with Crippen LogP contribution in [0.1, 0.15) is 18.5 Å². The van der Waals surface area contributed by atoms with Gasteiger partial charge in [-0.25, -0.2) is 0 Å². The van der Waals surface area contributed by atoms with E-state index in [-0.39, 0.29) is 6.04 Å². The lowest BCUT2D eigenvalue weighted by atomic mass is 10.1. The van der Waals surface area contributed by atoms with Gasteiger partial charge in [0.25, 0.3) is 0 Å². The van der Waals surface area contributed by atoms with Gasteiger partial charge in [0.2, 0.25) is 0 Å². The maximum Gasteiger partial charge on any atom is 0.119 e. The van der Waals surface area contributed by atoms with Crippen molar-refractivity contribution in [3.05, 3.63) is 52.5 Å². The smallest absolute Gasteiger partial charge is 0.119 e. The number of halogens is 1. The molecule has 2 aromatic rings. The zero-order chi connectivity index (χ0) is 13.8. The van der Waals surface area contributed by atoms with Crippen molar-refractivity contribution in [3.8, 4) is 5.75 Å². The highest BCUT2D eigenvalue weighted by Crippen LogP contribution is 2.35. The van der Waals surface area contributed by atoms with E-state index in [0.717, 1.165) is 25.6 Å². The van der Waals surface area contributed by atoms with Crippen LogP contribution in [0, 0.1) is 0 Å². The molecule has 0 heterocycles. The molecule has 0 aliphatic heterocycles. The van der Waals surface area contributed by atoms with Gasteiger partial charge < -0.3 is 10.5 Å². The van der Waals surface area contributed by atoms with Crippen LogP contribution in [0.2, 0.25) is 0 Å². The fraction of sp³-hybridized carbons (Fsp3) is 0.200. The number of rotatable bonds is 4. The molecule has 0 bridgehead atoms. The predicted molar refractivity (Wildman–Crippen MR) is 83.9 cm³/mol. The Kier molecular flexibility index (Phi) is 4.91. The molecular formula is C15H16BrNOS. The number of methoxy groups -OCH3 is 1. The molecule has 2 aromatic carbocycles. The van der Waals surface area contributed by atoms with Gasteiger partial charge in [-0.1, -0.05) is 39.8 Å². The SMILES string of the molecule is COc1cccc(Sc2cc(Br)ccc2C(C)N)c1. The molecule has 0 radical (unpaired) electrons. The summed E-state index contributed by atoms with van der Waals surface area (Å²) >= 11 is 5.20. The van der Waals surface area contributed by atoms with E-state index in [1.807, 2.05) is 31.2 Å². The second-order valence-corrected chi connectivity index (χ2v) is 6.28. The first kappa shape index (κ1) is 14.4. The maximum absolute atomic E-state index is 6.02. The van der Waals surface area contributed by atoms with E-state index in [2.05, 4.69) is 34.1 Å². The molecule has 100 valence electrons. The zero-order valence-corrected chi connectivity index (χ0v) is 13.3. The first-order chi connectivity index (χ1) is 9.10. The summed E-state index contributed by atoms with van der Waals surface area (Å²) in [5.74, 6) is 0.863. The summed E-state index contributed by atoms with van der Waals surface area (Å²) in [6, 6.07) is 14.2. The van der Waals surface area contributed by atoms with E-state index < -0.39 is 0 Å². The Morgan fingerprint density at radius 2 is 2.00 bits per heavy atom. The Balaban J connectivity index is 2.33. The van der Waals surface area contributed by atoms with Crippen LogP contribution in [0.15, 0.2) is 56.7 Å². The highest BCUT2D eigenvalue weighted by Gasteiger charge is 2.09. The summed E-state index contributed by atoms with van der Waals surface area (Å²) in [7, 11) is 1.68. The molecular weight excluding hydrogens is 322 g/mol. The van der Waals surface area contributed by atoms with Crippen molar-refractivity contribution < 1.29 is 4.74 Å². The number of benzene rings is 2. The van der Waals surface area contributed by atoms with Gasteiger partial charge in [0.1, 0.15) is 5.75 Å². The summed E-state index contributed by atoms with van der Waals surface area (Å²) in [5.41, 5.74) is 7.17. The Labute approximate surface area is 126 Å². The summed E-state index contributed by atoms with van der Waals surface area (Å²) < 4.78 is 6.30. The number of hydrogen-bond acceptors (Lipinski definition) is 3. The van der Waals surface area contributed by atoms with Gasteiger partial charge in [-0.2, -0.15) is 0 Å². The van der Waals surface area contributed by atoms with Gasteiger partial charge in [-0.3, -0.25) is 0 Å². The quantitative estimate of drug-likeness (QED) is 0.883. The van der Waals surface area contributed by atoms with Crippen molar-refractivity contribution in [3.63, 3.8) is 0 Å². The van der Waals surface area contributed by atoms with Gasteiger partial charge in [0, 0.05) is 20.3 Å². The lowest BCUT2D eigenvalue weighted by Crippen LogP contribution is -2.06. The fourth-order valence-electron chi connectivity index (χ4n) is 1.76. The highest BCUT2D eigenvalue weighted by atomic mass is 79.9. The second-order valence-electron chi connectivity index (χ2n) is 4.25. The third-order valence-corrected chi connectivity index (χ3v) is 4.29. The summed E-state index contributed by atoms with van der Waals surface area (Å²) in [5, 5.41) is 0. The number of ether oxygens (including phenoxy) is 1. The number of hydrogen-bond donors (Lipinski definition) is 1. The molecule has 0 aromatic heterocycles. The standard InChI is InChI=1S/C15H16BrNOS/c1-10(17)14-7-6-11(16)8-15(14)19-13-5-3-4-12(9-13)18-2/h3-10H,17H2,1-2H3. The van der Waals surface area contributed by atoms with Crippen molar-refractivity contribution in [2.24, 2.45) is 5.73 Å². The molecule has 2 N–H and O–H groups in total. The van der Waals surface area contributed by atoms with E-state index >= 15 is 0 Å². The Hall–Kier alpha value is -0.970. The molecule has 4 heteroatoms. The minimum Gasteiger partial charge on any atom is -0.497 e. The minimum atomic E-state index is 0.0150. The third-order valence-electron chi connectivity index (χ3n) is 2.74. The second kappa shape index (κ2) is 6.46. The monoisotopic (exact) mass is 337 g/mol. The Bertz CT molecular complexity index is 572. The molecule has 0 aliphatic carbocycles. The molecule has 2 nitrogen and oxygen atoms in total. The van der Waals surface area contributed by atoms with E-state index in [4.69, 9.17) is 10.5 Å². The molecule has 0 spiro atoms. The lowest BCUT2D eigenvalue weighted by molar-refractivity contribution is 0.413. The van der Waals surface area contributed by atoms with Gasteiger partial charge >= 0.3 is 0 Å². The van der Waals surface area contributed by atoms with Crippen LogP contribution in [0.3, 0.4) is 0 Å². The first-order valence-corrected chi connectivity index (χ1v) is 7.58. The van der Waals surface area contributed by atoms with Gasteiger partial charge in [-0.15, -0.1) is 0 Å². The van der Waals surface area contributed by atoms with Crippen LogP contribution in [0.25, 0.3) is 0 Å². The first-order valence-electron chi connectivity index (χ1n) is 5.97. The Morgan fingerprint density at radius 3 is 2.68 bits per heavy atom. The topological polar surface area (TPSA) is 35.2 Å². The van der Waals surface area contributed by atoms with Crippen molar-refractivity contribution in [2.45, 2.75) is 22.8 Å². The summed E-state index contributed by atoms with van der Waals surface area (Å²) in [4.78, 5) is 2.30.